The van der Waals surface area contributed by atoms with Crippen molar-refractivity contribution in [3.05, 3.63) is 48.3 Å². The minimum absolute atomic E-state index is 0.304. The Morgan fingerprint density at radius 1 is 1.19 bits per heavy atom. The molecule has 4 heterocycles. The summed E-state index contributed by atoms with van der Waals surface area (Å²) >= 11 is 0. The molecule has 0 aliphatic carbocycles. The van der Waals surface area contributed by atoms with Crippen LogP contribution in [-0.4, -0.2) is 54.2 Å². The van der Waals surface area contributed by atoms with Crippen LogP contribution in [0.4, 0.5) is 5.82 Å². The number of nitrogens with zero attached hydrogens (tertiary/aromatic N) is 7. The van der Waals surface area contributed by atoms with E-state index in [9.17, 15) is 5.11 Å². The van der Waals surface area contributed by atoms with Crippen molar-refractivity contribution in [1.29, 1.82) is 0 Å². The molecule has 8 heteroatoms. The first-order valence-electron chi connectivity index (χ1n) is 8.59. The van der Waals surface area contributed by atoms with Gasteiger partial charge < -0.3 is 10.0 Å². The normalized spacial score (nSPS) is 17.4. The maximum atomic E-state index is 9.75. The molecule has 8 nitrogen and oxygen atoms in total. The fourth-order valence-electron chi connectivity index (χ4n) is 3.35. The molecule has 1 aliphatic rings. The van der Waals surface area contributed by atoms with Gasteiger partial charge in [-0.1, -0.05) is 17.3 Å². The van der Waals surface area contributed by atoms with Gasteiger partial charge in [-0.2, -0.15) is 0 Å². The first-order chi connectivity index (χ1) is 12.8. The number of pyridine rings is 1. The Morgan fingerprint density at radius 2 is 2.15 bits per heavy atom. The summed E-state index contributed by atoms with van der Waals surface area (Å²) in [6, 6.07) is 10.1. The maximum absolute atomic E-state index is 9.75. The van der Waals surface area contributed by atoms with Gasteiger partial charge in [-0.15, -0.1) is 5.10 Å². The van der Waals surface area contributed by atoms with Crippen LogP contribution in [0, 0.1) is 0 Å². The van der Waals surface area contributed by atoms with Gasteiger partial charge in [0.25, 0.3) is 0 Å². The smallest absolute Gasteiger partial charge is 0.221 e. The number of rotatable bonds is 3. The molecule has 5 rings (SSSR count). The van der Waals surface area contributed by atoms with Crippen LogP contribution in [0.15, 0.2) is 42.7 Å². The molecule has 26 heavy (non-hydrogen) atoms. The van der Waals surface area contributed by atoms with Crippen molar-refractivity contribution < 1.29 is 5.11 Å². The number of benzene rings is 1. The lowest BCUT2D eigenvalue weighted by molar-refractivity contribution is 0.198. The SMILES string of the molecule is O[C@@H]1CCN(c2cnc3nnn(Cc4ccc5ncccc5c4)c3n2)C1. The highest BCUT2D eigenvalue weighted by molar-refractivity contribution is 5.79. The average Bonchev–Trinajstić information content (AvgIpc) is 3.28. The van der Waals surface area contributed by atoms with Gasteiger partial charge in [-0.05, 0) is 30.2 Å². The van der Waals surface area contributed by atoms with Crippen LogP contribution >= 0.6 is 0 Å². The number of aromatic nitrogens is 6. The number of hydrogen-bond donors (Lipinski definition) is 1. The summed E-state index contributed by atoms with van der Waals surface area (Å²) in [7, 11) is 0. The molecule has 0 saturated carbocycles. The van der Waals surface area contributed by atoms with E-state index < -0.39 is 0 Å². The summed E-state index contributed by atoms with van der Waals surface area (Å²) < 4.78 is 1.76. The Bertz CT molecular complexity index is 1090. The Labute approximate surface area is 149 Å². The average molecular weight is 347 g/mol. The highest BCUT2D eigenvalue weighted by Crippen LogP contribution is 2.20. The standard InChI is InChI=1S/C18H17N7O/c26-14-5-7-24(11-14)16-9-20-17-18(21-16)25(23-22-17)10-12-3-4-15-13(8-12)2-1-6-19-15/h1-4,6,8-9,14,26H,5,7,10-11H2/t14-/m1/s1. The summed E-state index contributed by atoms with van der Waals surface area (Å²) in [5, 5.41) is 19.2. The van der Waals surface area contributed by atoms with Gasteiger partial charge in [-0.25, -0.2) is 14.6 Å². The predicted molar refractivity (Wildman–Crippen MR) is 96.8 cm³/mol. The summed E-state index contributed by atoms with van der Waals surface area (Å²) in [5.41, 5.74) is 3.24. The topological polar surface area (TPSA) is 92.8 Å². The van der Waals surface area contributed by atoms with Crippen LogP contribution in [0.5, 0.6) is 0 Å². The molecule has 0 amide bonds. The number of hydrogen-bond acceptors (Lipinski definition) is 7. The van der Waals surface area contributed by atoms with Gasteiger partial charge in [-0.3, -0.25) is 4.98 Å². The Morgan fingerprint density at radius 3 is 3.04 bits per heavy atom. The second-order valence-electron chi connectivity index (χ2n) is 6.54. The van der Waals surface area contributed by atoms with E-state index in [0.717, 1.165) is 35.2 Å². The lowest BCUT2D eigenvalue weighted by Crippen LogP contribution is -2.22. The maximum Gasteiger partial charge on any atom is 0.221 e. The first kappa shape index (κ1) is 15.2. The summed E-state index contributed by atoms with van der Waals surface area (Å²) in [6.07, 6.45) is 3.93. The van der Waals surface area contributed by atoms with Crippen molar-refractivity contribution in [3.63, 3.8) is 0 Å². The van der Waals surface area contributed by atoms with Crippen molar-refractivity contribution in [2.75, 3.05) is 18.0 Å². The zero-order chi connectivity index (χ0) is 17.5. The van der Waals surface area contributed by atoms with E-state index in [1.54, 1.807) is 17.1 Å². The number of fused-ring (bicyclic) bond motifs is 2. The fraction of sp³-hybridized carbons (Fsp3) is 0.278. The first-order valence-corrected chi connectivity index (χ1v) is 8.59. The van der Waals surface area contributed by atoms with Gasteiger partial charge in [0.05, 0.1) is 24.4 Å². The lowest BCUT2D eigenvalue weighted by atomic mass is 10.1. The predicted octanol–water partition coefficient (Wildman–Crippen LogP) is 1.39. The van der Waals surface area contributed by atoms with Gasteiger partial charge >= 0.3 is 0 Å². The van der Waals surface area contributed by atoms with E-state index in [0.29, 0.717) is 24.4 Å². The molecule has 1 N–H and O–H groups in total. The van der Waals surface area contributed by atoms with Crippen LogP contribution in [0.3, 0.4) is 0 Å². The third kappa shape index (κ3) is 2.64. The highest BCUT2D eigenvalue weighted by Gasteiger charge is 2.22. The van der Waals surface area contributed by atoms with E-state index in [1.807, 2.05) is 29.2 Å². The van der Waals surface area contributed by atoms with Gasteiger partial charge in [0, 0.05) is 24.7 Å². The Kier molecular flexibility index (Phi) is 3.49. The van der Waals surface area contributed by atoms with Crippen molar-refractivity contribution in [3.8, 4) is 0 Å². The quantitative estimate of drug-likeness (QED) is 0.598. The molecule has 0 unspecified atom stereocenters. The molecule has 130 valence electrons. The largest absolute Gasteiger partial charge is 0.391 e. The second kappa shape index (κ2) is 5.99. The van der Waals surface area contributed by atoms with Gasteiger partial charge in [0.2, 0.25) is 5.65 Å². The monoisotopic (exact) mass is 347 g/mol. The zero-order valence-corrected chi connectivity index (χ0v) is 14.0. The van der Waals surface area contributed by atoms with Crippen molar-refractivity contribution in [2.24, 2.45) is 0 Å². The van der Waals surface area contributed by atoms with Crippen LogP contribution in [0.25, 0.3) is 22.2 Å². The van der Waals surface area contributed by atoms with E-state index in [4.69, 9.17) is 0 Å². The van der Waals surface area contributed by atoms with E-state index in [1.165, 1.54) is 0 Å². The minimum Gasteiger partial charge on any atom is -0.391 e. The molecular weight excluding hydrogens is 330 g/mol. The second-order valence-corrected chi connectivity index (χ2v) is 6.54. The molecule has 1 saturated heterocycles. The molecule has 0 radical (unpaired) electrons. The van der Waals surface area contributed by atoms with Gasteiger partial charge in [0.1, 0.15) is 5.82 Å². The summed E-state index contributed by atoms with van der Waals surface area (Å²) in [6.45, 7) is 1.92. The van der Waals surface area contributed by atoms with E-state index in [-0.39, 0.29) is 6.10 Å². The van der Waals surface area contributed by atoms with E-state index in [2.05, 4.69) is 31.3 Å². The van der Waals surface area contributed by atoms with Crippen molar-refractivity contribution in [1.82, 2.24) is 29.9 Å². The number of aliphatic hydroxyl groups is 1. The molecule has 1 aromatic carbocycles. The fourth-order valence-corrected chi connectivity index (χ4v) is 3.35. The number of β-amino-alcohol motifs (C(OH)–C–C–N with tert-alkyl or cyclic N) is 1. The number of anilines is 1. The van der Waals surface area contributed by atoms with Crippen LogP contribution in [0.1, 0.15) is 12.0 Å². The molecule has 4 aromatic rings. The van der Waals surface area contributed by atoms with Crippen LogP contribution < -0.4 is 4.90 Å². The zero-order valence-electron chi connectivity index (χ0n) is 14.0. The third-order valence-electron chi connectivity index (χ3n) is 4.70. The molecular formula is C18H17N7O. The molecule has 1 aliphatic heterocycles. The van der Waals surface area contributed by atoms with Gasteiger partial charge in [0.15, 0.2) is 5.65 Å². The van der Waals surface area contributed by atoms with E-state index >= 15 is 0 Å². The Hall–Kier alpha value is -3.13. The highest BCUT2D eigenvalue weighted by atomic mass is 16.3. The van der Waals surface area contributed by atoms with Crippen molar-refractivity contribution in [2.45, 2.75) is 19.1 Å². The van der Waals surface area contributed by atoms with Crippen molar-refractivity contribution >= 4 is 28.0 Å². The molecule has 1 fully saturated rings. The lowest BCUT2D eigenvalue weighted by Gasteiger charge is -2.15. The molecule has 3 aromatic heterocycles. The molecule has 0 spiro atoms. The summed E-state index contributed by atoms with van der Waals surface area (Å²) in [5.74, 6) is 0.750. The molecule has 0 bridgehead atoms. The Balaban J connectivity index is 1.49. The number of aliphatic hydroxyl groups excluding tert-OH is 1. The third-order valence-corrected chi connectivity index (χ3v) is 4.70. The summed E-state index contributed by atoms with van der Waals surface area (Å²) in [4.78, 5) is 15.4. The van der Waals surface area contributed by atoms with Crippen LogP contribution in [-0.2, 0) is 6.54 Å². The minimum atomic E-state index is -0.304. The molecule has 1 atom stereocenters. The van der Waals surface area contributed by atoms with Crippen LogP contribution in [0.2, 0.25) is 0 Å².